The molecule has 106 valence electrons. The first-order valence-electron chi connectivity index (χ1n) is 6.49. The quantitative estimate of drug-likeness (QED) is 0.878. The summed E-state index contributed by atoms with van der Waals surface area (Å²) in [5.74, 6) is 0.259. The summed E-state index contributed by atoms with van der Waals surface area (Å²) in [5.41, 5.74) is 7.84. The van der Waals surface area contributed by atoms with E-state index in [0.717, 1.165) is 24.1 Å². The fourth-order valence-corrected chi connectivity index (χ4v) is 2.54. The average molecular weight is 338 g/mol. The number of anilines is 1. The Bertz CT molecular complexity index is 589. The van der Waals surface area contributed by atoms with E-state index < -0.39 is 0 Å². The number of hydrogen-bond donors (Lipinski definition) is 2. The topological polar surface area (TPSA) is 50.9 Å². The summed E-state index contributed by atoms with van der Waals surface area (Å²) in [4.78, 5) is 3.99. The summed E-state index contributed by atoms with van der Waals surface area (Å²) in [6.45, 7) is 2.88. The van der Waals surface area contributed by atoms with E-state index in [4.69, 9.17) is 5.73 Å². The van der Waals surface area contributed by atoms with Gasteiger partial charge in [-0.15, -0.1) is 0 Å². The van der Waals surface area contributed by atoms with Crippen LogP contribution in [0.3, 0.4) is 0 Å². The lowest BCUT2D eigenvalue weighted by atomic mass is 9.99. The molecule has 1 atom stereocenters. The molecule has 0 fully saturated rings. The van der Waals surface area contributed by atoms with E-state index in [1.54, 1.807) is 12.3 Å². The molecule has 0 aliphatic carbocycles. The fourth-order valence-electron chi connectivity index (χ4n) is 2.14. The van der Waals surface area contributed by atoms with Crippen LogP contribution in [0.2, 0.25) is 0 Å². The summed E-state index contributed by atoms with van der Waals surface area (Å²) in [6.07, 6.45) is 2.48. The number of aromatic nitrogens is 1. The third-order valence-electron chi connectivity index (χ3n) is 3.08. The number of likely N-dealkylation sites (N-methyl/N-ethyl adjacent to an activating group) is 1. The molecule has 3 N–H and O–H groups in total. The van der Waals surface area contributed by atoms with Crippen LogP contribution in [0.5, 0.6) is 0 Å². The predicted molar refractivity (Wildman–Crippen MR) is 82.9 cm³/mol. The van der Waals surface area contributed by atoms with Gasteiger partial charge in [0.05, 0.1) is 4.47 Å². The van der Waals surface area contributed by atoms with E-state index in [2.05, 4.69) is 26.2 Å². The Hall–Kier alpha value is -1.46. The molecule has 0 spiro atoms. The fraction of sp³-hybridized carbons (Fsp3) is 0.267. The highest BCUT2D eigenvalue weighted by molar-refractivity contribution is 9.10. The minimum absolute atomic E-state index is 0.110. The third-order valence-corrected chi connectivity index (χ3v) is 3.69. The number of nitrogens with two attached hydrogens (primary N) is 1. The first-order chi connectivity index (χ1) is 9.60. The first kappa shape index (κ1) is 14.9. The van der Waals surface area contributed by atoms with Gasteiger partial charge in [0, 0.05) is 12.2 Å². The normalized spacial score (nSPS) is 12.3. The zero-order valence-electron chi connectivity index (χ0n) is 11.2. The van der Waals surface area contributed by atoms with E-state index in [9.17, 15) is 4.39 Å². The highest BCUT2D eigenvalue weighted by Crippen LogP contribution is 2.24. The summed E-state index contributed by atoms with van der Waals surface area (Å²) >= 11 is 3.23. The molecule has 0 bridgehead atoms. The van der Waals surface area contributed by atoms with Crippen molar-refractivity contribution < 1.29 is 4.39 Å². The van der Waals surface area contributed by atoms with Crippen LogP contribution >= 0.6 is 15.9 Å². The predicted octanol–water partition coefficient (Wildman–Crippen LogP) is 3.46. The average Bonchev–Trinajstić information content (AvgIpc) is 2.41. The van der Waals surface area contributed by atoms with Crippen LogP contribution in [-0.2, 0) is 6.42 Å². The Balaban J connectivity index is 2.24. The number of nitrogens with one attached hydrogen (secondary N) is 1. The lowest BCUT2D eigenvalue weighted by molar-refractivity contribution is 0.546. The molecule has 20 heavy (non-hydrogen) atoms. The summed E-state index contributed by atoms with van der Waals surface area (Å²) < 4.78 is 13.8. The molecule has 1 aromatic carbocycles. The highest BCUT2D eigenvalue weighted by Gasteiger charge is 2.13. The van der Waals surface area contributed by atoms with Gasteiger partial charge in [-0.1, -0.05) is 13.0 Å². The standard InChI is InChI=1S/C15H17BrFN3/c1-2-19-14(7-10-5-6-20-15(18)8-10)11-3-4-13(17)12(16)9-11/h3-6,8-9,14,19H,2,7H2,1H3,(H2,18,20). The number of pyridine rings is 1. The van der Waals surface area contributed by atoms with Crippen LogP contribution in [0.25, 0.3) is 0 Å². The van der Waals surface area contributed by atoms with Crippen LogP contribution in [-0.4, -0.2) is 11.5 Å². The number of nitrogens with zero attached hydrogens (tertiary/aromatic N) is 1. The summed E-state index contributed by atoms with van der Waals surface area (Å²) in [7, 11) is 0. The second-order valence-corrected chi connectivity index (χ2v) is 5.43. The van der Waals surface area contributed by atoms with Gasteiger partial charge in [0.1, 0.15) is 11.6 Å². The molecular weight excluding hydrogens is 321 g/mol. The molecule has 1 aromatic heterocycles. The molecule has 0 radical (unpaired) electrons. The van der Waals surface area contributed by atoms with Crippen molar-refractivity contribution in [3.63, 3.8) is 0 Å². The molecule has 0 saturated carbocycles. The molecule has 1 unspecified atom stereocenters. The molecule has 2 rings (SSSR count). The van der Waals surface area contributed by atoms with Crippen molar-refractivity contribution in [2.45, 2.75) is 19.4 Å². The molecule has 0 saturated heterocycles. The van der Waals surface area contributed by atoms with Gasteiger partial charge < -0.3 is 11.1 Å². The Labute approximate surface area is 126 Å². The Morgan fingerprint density at radius 2 is 2.15 bits per heavy atom. The van der Waals surface area contributed by atoms with Gasteiger partial charge in [0.2, 0.25) is 0 Å². The van der Waals surface area contributed by atoms with Crippen LogP contribution in [0.4, 0.5) is 10.2 Å². The Morgan fingerprint density at radius 1 is 1.35 bits per heavy atom. The second-order valence-electron chi connectivity index (χ2n) is 4.58. The van der Waals surface area contributed by atoms with Crippen LogP contribution in [0.1, 0.15) is 24.1 Å². The van der Waals surface area contributed by atoms with Gasteiger partial charge in [-0.3, -0.25) is 0 Å². The maximum Gasteiger partial charge on any atom is 0.137 e. The van der Waals surface area contributed by atoms with Crippen LogP contribution < -0.4 is 11.1 Å². The monoisotopic (exact) mass is 337 g/mol. The van der Waals surface area contributed by atoms with E-state index >= 15 is 0 Å². The molecule has 0 aliphatic heterocycles. The van der Waals surface area contributed by atoms with Gasteiger partial charge >= 0.3 is 0 Å². The maximum atomic E-state index is 13.3. The SMILES string of the molecule is CCNC(Cc1ccnc(N)c1)c1ccc(F)c(Br)c1. The zero-order chi connectivity index (χ0) is 14.5. The Kier molecular flexibility index (Phi) is 5.09. The van der Waals surface area contributed by atoms with Crippen molar-refractivity contribution in [2.24, 2.45) is 0 Å². The Morgan fingerprint density at radius 3 is 2.80 bits per heavy atom. The van der Waals surface area contributed by atoms with Crippen LogP contribution in [0.15, 0.2) is 41.0 Å². The van der Waals surface area contributed by atoms with Gasteiger partial charge in [-0.2, -0.15) is 0 Å². The molecule has 0 amide bonds. The highest BCUT2D eigenvalue weighted by atomic mass is 79.9. The molecule has 1 heterocycles. The molecule has 3 nitrogen and oxygen atoms in total. The largest absolute Gasteiger partial charge is 0.384 e. The minimum atomic E-state index is -0.253. The smallest absolute Gasteiger partial charge is 0.137 e. The molecular formula is C15H17BrFN3. The van der Waals surface area contributed by atoms with E-state index in [1.807, 2.05) is 25.1 Å². The van der Waals surface area contributed by atoms with Gasteiger partial charge in [-0.25, -0.2) is 9.37 Å². The van der Waals surface area contributed by atoms with Gasteiger partial charge in [0.25, 0.3) is 0 Å². The van der Waals surface area contributed by atoms with E-state index in [0.29, 0.717) is 10.3 Å². The molecule has 5 heteroatoms. The molecule has 2 aromatic rings. The van der Waals surface area contributed by atoms with Crippen molar-refractivity contribution in [1.82, 2.24) is 10.3 Å². The van der Waals surface area contributed by atoms with Gasteiger partial charge in [-0.05, 0) is 64.3 Å². The van der Waals surface area contributed by atoms with Crippen molar-refractivity contribution >= 4 is 21.7 Å². The van der Waals surface area contributed by atoms with Crippen molar-refractivity contribution in [3.8, 4) is 0 Å². The van der Waals surface area contributed by atoms with E-state index in [1.165, 1.54) is 6.07 Å². The van der Waals surface area contributed by atoms with Crippen molar-refractivity contribution in [2.75, 3.05) is 12.3 Å². The zero-order valence-corrected chi connectivity index (χ0v) is 12.8. The van der Waals surface area contributed by atoms with Gasteiger partial charge in [0.15, 0.2) is 0 Å². The van der Waals surface area contributed by atoms with Crippen molar-refractivity contribution in [3.05, 3.63) is 57.9 Å². The number of halogens is 2. The number of hydrogen-bond acceptors (Lipinski definition) is 3. The maximum absolute atomic E-state index is 13.3. The second kappa shape index (κ2) is 6.81. The van der Waals surface area contributed by atoms with Crippen molar-refractivity contribution in [1.29, 1.82) is 0 Å². The summed E-state index contributed by atoms with van der Waals surface area (Å²) in [6, 6.07) is 9.01. The minimum Gasteiger partial charge on any atom is -0.384 e. The summed E-state index contributed by atoms with van der Waals surface area (Å²) in [5, 5.41) is 3.41. The van der Waals surface area contributed by atoms with Crippen LogP contribution in [0, 0.1) is 5.82 Å². The van der Waals surface area contributed by atoms with E-state index in [-0.39, 0.29) is 11.9 Å². The lowest BCUT2D eigenvalue weighted by Gasteiger charge is -2.19. The first-order valence-corrected chi connectivity index (χ1v) is 7.28. The number of rotatable bonds is 5. The number of benzene rings is 1. The molecule has 0 aliphatic rings. The lowest BCUT2D eigenvalue weighted by Crippen LogP contribution is -2.23. The number of nitrogen functional groups attached to an aromatic ring is 1. The third kappa shape index (κ3) is 3.77.